The van der Waals surface area contributed by atoms with Gasteiger partial charge >= 0.3 is 5.97 Å². The number of nitrogens with zero attached hydrogens (tertiary/aromatic N) is 1. The number of carbonyl (C=O) groups excluding carboxylic acids is 1. The van der Waals surface area contributed by atoms with Crippen LogP contribution in [0.3, 0.4) is 0 Å². The van der Waals surface area contributed by atoms with Crippen molar-refractivity contribution in [2.75, 3.05) is 19.3 Å². The molecular formula is C8H13NO5S. The molecule has 1 aliphatic rings. The molecule has 15 heavy (non-hydrogen) atoms. The summed E-state index contributed by atoms with van der Waals surface area (Å²) < 4.78 is 22.1. The lowest BCUT2D eigenvalue weighted by Gasteiger charge is -2.37. The fourth-order valence-electron chi connectivity index (χ4n) is 1.25. The van der Waals surface area contributed by atoms with E-state index in [1.165, 1.54) is 11.8 Å². The van der Waals surface area contributed by atoms with Crippen LogP contribution < -0.4 is 0 Å². The maximum Gasteiger partial charge on any atom is 0.310 e. The van der Waals surface area contributed by atoms with Crippen molar-refractivity contribution in [3.8, 4) is 0 Å². The van der Waals surface area contributed by atoms with E-state index in [0.717, 1.165) is 6.26 Å². The molecule has 0 radical (unpaired) electrons. The predicted molar refractivity (Wildman–Crippen MR) is 52.0 cm³/mol. The molecule has 0 bridgehead atoms. The van der Waals surface area contributed by atoms with Gasteiger partial charge in [0.2, 0.25) is 5.91 Å². The summed E-state index contributed by atoms with van der Waals surface area (Å²) >= 11 is 0. The zero-order valence-electron chi connectivity index (χ0n) is 8.50. The van der Waals surface area contributed by atoms with Gasteiger partial charge in [0.1, 0.15) is 5.25 Å². The van der Waals surface area contributed by atoms with E-state index in [1.54, 1.807) is 0 Å². The fourth-order valence-corrected chi connectivity index (χ4v) is 1.77. The van der Waals surface area contributed by atoms with Gasteiger partial charge in [-0.3, -0.25) is 9.59 Å². The summed E-state index contributed by atoms with van der Waals surface area (Å²) in [7, 11) is -3.40. The quantitative estimate of drug-likeness (QED) is 0.674. The molecule has 6 nitrogen and oxygen atoms in total. The first-order valence-corrected chi connectivity index (χ1v) is 6.39. The average Bonchev–Trinajstić information content (AvgIpc) is 1.97. The number of hydrogen-bond acceptors (Lipinski definition) is 4. The second-order valence-corrected chi connectivity index (χ2v) is 6.12. The fraction of sp³-hybridized carbons (Fsp3) is 0.750. The molecule has 86 valence electrons. The average molecular weight is 235 g/mol. The molecule has 1 fully saturated rings. The van der Waals surface area contributed by atoms with Crippen molar-refractivity contribution in [1.29, 1.82) is 0 Å². The van der Waals surface area contributed by atoms with Crippen LogP contribution in [0.15, 0.2) is 0 Å². The Morgan fingerprint density at radius 1 is 1.40 bits per heavy atom. The van der Waals surface area contributed by atoms with Crippen LogP contribution >= 0.6 is 0 Å². The Hall–Kier alpha value is -1.11. The van der Waals surface area contributed by atoms with E-state index in [-0.39, 0.29) is 13.1 Å². The first kappa shape index (κ1) is 12.0. The van der Waals surface area contributed by atoms with Crippen LogP contribution in [0.2, 0.25) is 0 Å². The Morgan fingerprint density at radius 2 is 1.87 bits per heavy atom. The molecule has 0 aliphatic carbocycles. The molecule has 0 spiro atoms. The first-order valence-electron chi connectivity index (χ1n) is 4.44. The molecule has 0 saturated carbocycles. The molecule has 1 heterocycles. The van der Waals surface area contributed by atoms with Crippen molar-refractivity contribution in [3.05, 3.63) is 0 Å². The van der Waals surface area contributed by atoms with Crippen molar-refractivity contribution in [3.63, 3.8) is 0 Å². The summed E-state index contributed by atoms with van der Waals surface area (Å²) in [6.45, 7) is 1.52. The Balaban J connectivity index is 2.56. The van der Waals surface area contributed by atoms with E-state index >= 15 is 0 Å². The third-order valence-corrected chi connectivity index (χ3v) is 4.02. The van der Waals surface area contributed by atoms with Gasteiger partial charge in [-0.1, -0.05) is 0 Å². The molecule has 0 aromatic carbocycles. The Bertz CT molecular complexity index is 382. The van der Waals surface area contributed by atoms with Crippen LogP contribution in [0.1, 0.15) is 6.92 Å². The summed E-state index contributed by atoms with van der Waals surface area (Å²) in [4.78, 5) is 23.2. The van der Waals surface area contributed by atoms with Gasteiger partial charge in [0.25, 0.3) is 0 Å². The number of sulfone groups is 1. The molecule has 1 saturated heterocycles. The summed E-state index contributed by atoms with van der Waals surface area (Å²) in [5, 5.41) is 7.48. The van der Waals surface area contributed by atoms with Gasteiger partial charge in [0.05, 0.1) is 5.92 Å². The zero-order valence-corrected chi connectivity index (χ0v) is 9.32. The molecule has 1 rings (SSSR count). The first-order chi connectivity index (χ1) is 6.73. The van der Waals surface area contributed by atoms with E-state index in [4.69, 9.17) is 5.11 Å². The lowest BCUT2D eigenvalue weighted by Crippen LogP contribution is -2.56. The van der Waals surface area contributed by atoms with Crippen molar-refractivity contribution in [2.45, 2.75) is 12.2 Å². The highest BCUT2D eigenvalue weighted by atomic mass is 32.2. The van der Waals surface area contributed by atoms with Crippen LogP contribution in [0.25, 0.3) is 0 Å². The number of amides is 1. The molecule has 1 N–H and O–H groups in total. The monoisotopic (exact) mass is 235 g/mol. The molecule has 0 aromatic heterocycles. The lowest BCUT2D eigenvalue weighted by molar-refractivity contribution is -0.152. The number of carboxylic acid groups (broad SMARTS) is 1. The Kier molecular flexibility index (Phi) is 3.03. The molecule has 1 unspecified atom stereocenters. The highest BCUT2D eigenvalue weighted by Gasteiger charge is 2.39. The van der Waals surface area contributed by atoms with Crippen LogP contribution in [0.5, 0.6) is 0 Å². The third kappa shape index (κ3) is 2.47. The smallest absolute Gasteiger partial charge is 0.310 e. The number of hydrogen-bond donors (Lipinski definition) is 1. The largest absolute Gasteiger partial charge is 0.481 e. The Labute approximate surface area is 87.8 Å². The van der Waals surface area contributed by atoms with Gasteiger partial charge in [-0.2, -0.15) is 0 Å². The highest BCUT2D eigenvalue weighted by molar-refractivity contribution is 7.92. The lowest BCUT2D eigenvalue weighted by atomic mass is 10.0. The molecule has 0 aromatic rings. The van der Waals surface area contributed by atoms with Crippen LogP contribution in [0.4, 0.5) is 0 Å². The van der Waals surface area contributed by atoms with E-state index in [1.807, 2.05) is 0 Å². The van der Waals surface area contributed by atoms with Gasteiger partial charge in [-0.05, 0) is 6.92 Å². The molecule has 1 atom stereocenters. The van der Waals surface area contributed by atoms with Crippen LogP contribution in [0, 0.1) is 5.92 Å². The summed E-state index contributed by atoms with van der Waals surface area (Å²) in [6, 6.07) is 0. The molecule has 7 heteroatoms. The maximum atomic E-state index is 11.5. The van der Waals surface area contributed by atoms with Gasteiger partial charge in [-0.25, -0.2) is 8.42 Å². The van der Waals surface area contributed by atoms with E-state index in [2.05, 4.69) is 0 Å². The second kappa shape index (κ2) is 3.80. The second-order valence-electron chi connectivity index (χ2n) is 3.75. The number of aliphatic carboxylic acids is 1. The highest BCUT2D eigenvalue weighted by Crippen LogP contribution is 2.18. The van der Waals surface area contributed by atoms with Crippen molar-refractivity contribution in [2.24, 2.45) is 5.92 Å². The number of likely N-dealkylation sites (tertiary alicyclic amines) is 1. The Morgan fingerprint density at radius 3 is 2.20 bits per heavy atom. The standard InChI is InChI=1S/C8H13NO5S/c1-5(15(2,13)14)7(10)9-3-6(4-9)8(11)12/h5-6H,3-4H2,1-2H3,(H,11,12). The number of rotatable bonds is 3. The van der Waals surface area contributed by atoms with Crippen molar-refractivity contribution >= 4 is 21.7 Å². The normalized spacial score (nSPS) is 19.5. The number of carboxylic acids is 1. The summed E-state index contributed by atoms with van der Waals surface area (Å²) in [5.41, 5.74) is 0. The SMILES string of the molecule is CC(C(=O)N1CC(C(=O)O)C1)S(C)(=O)=O. The van der Waals surface area contributed by atoms with Gasteiger partial charge in [0.15, 0.2) is 9.84 Å². The summed E-state index contributed by atoms with van der Waals surface area (Å²) in [6.07, 6.45) is 0.990. The minimum Gasteiger partial charge on any atom is -0.481 e. The van der Waals surface area contributed by atoms with E-state index in [9.17, 15) is 18.0 Å². The topological polar surface area (TPSA) is 91.8 Å². The number of carbonyl (C=O) groups is 2. The predicted octanol–water partition coefficient (Wildman–Crippen LogP) is -1.04. The van der Waals surface area contributed by atoms with Crippen LogP contribution in [-0.2, 0) is 19.4 Å². The van der Waals surface area contributed by atoms with Gasteiger partial charge < -0.3 is 10.0 Å². The van der Waals surface area contributed by atoms with Gasteiger partial charge in [-0.15, -0.1) is 0 Å². The molecule has 1 aliphatic heterocycles. The van der Waals surface area contributed by atoms with Crippen molar-refractivity contribution in [1.82, 2.24) is 4.90 Å². The van der Waals surface area contributed by atoms with E-state index < -0.39 is 32.9 Å². The van der Waals surface area contributed by atoms with Crippen LogP contribution in [-0.4, -0.2) is 54.9 Å². The van der Waals surface area contributed by atoms with E-state index in [0.29, 0.717) is 0 Å². The molecule has 1 amide bonds. The summed E-state index contributed by atoms with van der Waals surface area (Å²) in [5.74, 6) is -2.03. The van der Waals surface area contributed by atoms with Gasteiger partial charge in [0, 0.05) is 19.3 Å². The van der Waals surface area contributed by atoms with Crippen molar-refractivity contribution < 1.29 is 23.1 Å². The minimum atomic E-state index is -3.40. The maximum absolute atomic E-state index is 11.5. The molecular weight excluding hydrogens is 222 g/mol. The zero-order chi connectivity index (χ0) is 11.8. The third-order valence-electron chi connectivity index (χ3n) is 2.53. The minimum absolute atomic E-state index is 0.105.